The molecule has 2 heterocycles. The monoisotopic (exact) mass is 272 g/mol. The molecule has 0 radical (unpaired) electrons. The normalized spacial score (nSPS) is 19.4. The van der Waals surface area contributed by atoms with Crippen LogP contribution in [-0.2, 0) is 4.74 Å². The molecule has 0 aliphatic carbocycles. The predicted molar refractivity (Wildman–Crippen MR) is 80.8 cm³/mol. The quantitative estimate of drug-likeness (QED) is 0.867. The van der Waals surface area contributed by atoms with Crippen molar-refractivity contribution in [1.29, 1.82) is 0 Å². The molecule has 1 saturated heterocycles. The Hall–Kier alpha value is -1.88. The summed E-state index contributed by atoms with van der Waals surface area (Å²) in [5.41, 5.74) is 7.46. The summed E-state index contributed by atoms with van der Waals surface area (Å²) in [6.07, 6.45) is 4.02. The van der Waals surface area contributed by atoms with Gasteiger partial charge in [-0.1, -0.05) is 0 Å². The minimum absolute atomic E-state index is 0.576. The fourth-order valence-corrected chi connectivity index (χ4v) is 2.94. The third kappa shape index (κ3) is 2.54. The van der Waals surface area contributed by atoms with E-state index in [9.17, 15) is 0 Å². The summed E-state index contributed by atoms with van der Waals surface area (Å²) >= 11 is 0. The molecular weight excluding hydrogens is 252 g/mol. The lowest BCUT2D eigenvalue weighted by Gasteiger charge is -2.33. The summed E-state index contributed by atoms with van der Waals surface area (Å²) in [5.74, 6) is 1.59. The van der Waals surface area contributed by atoms with E-state index in [1.807, 2.05) is 18.2 Å². The summed E-state index contributed by atoms with van der Waals surface area (Å²) in [4.78, 5) is 11.1. The Bertz CT molecular complexity index is 599. The van der Waals surface area contributed by atoms with Crippen LogP contribution < -0.4 is 10.6 Å². The van der Waals surface area contributed by atoms with Crippen molar-refractivity contribution in [1.82, 2.24) is 9.97 Å². The van der Waals surface area contributed by atoms with Gasteiger partial charge >= 0.3 is 0 Å². The molecule has 20 heavy (non-hydrogen) atoms. The fraction of sp³-hybridized carbons (Fsp3) is 0.467. The second kappa shape index (κ2) is 5.63. The molecule has 0 saturated carbocycles. The Balaban J connectivity index is 1.93. The highest BCUT2D eigenvalue weighted by Crippen LogP contribution is 2.28. The van der Waals surface area contributed by atoms with Gasteiger partial charge in [0.05, 0.1) is 12.1 Å². The average molecular weight is 272 g/mol. The maximum absolute atomic E-state index is 5.82. The molecular formula is C15H20N4O. The maximum atomic E-state index is 5.82. The van der Waals surface area contributed by atoms with Crippen molar-refractivity contribution in [2.24, 2.45) is 5.92 Å². The first kappa shape index (κ1) is 13.1. The number of nitrogens with zero attached hydrogens (tertiary/aromatic N) is 3. The predicted octanol–water partition coefficient (Wildman–Crippen LogP) is 2.07. The molecule has 1 aromatic carbocycles. The molecule has 1 aromatic heterocycles. The standard InChI is InChI=1S/C15H20N4O/c1-20-9-11-3-2-6-19(8-11)15-13-5-4-12(16)7-14(13)17-10-18-15/h4-5,7,10-11H,2-3,6,8-9,16H2,1H3. The van der Waals surface area contributed by atoms with E-state index in [0.29, 0.717) is 5.92 Å². The average Bonchev–Trinajstić information content (AvgIpc) is 2.47. The van der Waals surface area contributed by atoms with Crippen LogP contribution in [0.15, 0.2) is 24.5 Å². The van der Waals surface area contributed by atoms with Crippen LogP contribution in [0.4, 0.5) is 11.5 Å². The maximum Gasteiger partial charge on any atom is 0.139 e. The van der Waals surface area contributed by atoms with Crippen molar-refractivity contribution >= 4 is 22.4 Å². The van der Waals surface area contributed by atoms with Crippen molar-refractivity contribution in [3.05, 3.63) is 24.5 Å². The zero-order chi connectivity index (χ0) is 13.9. The zero-order valence-electron chi connectivity index (χ0n) is 11.7. The summed E-state index contributed by atoms with van der Waals surface area (Å²) in [7, 11) is 1.77. The van der Waals surface area contributed by atoms with Crippen molar-refractivity contribution in [2.75, 3.05) is 37.4 Å². The van der Waals surface area contributed by atoms with E-state index < -0.39 is 0 Å². The summed E-state index contributed by atoms with van der Waals surface area (Å²) in [6, 6.07) is 5.82. The van der Waals surface area contributed by atoms with Crippen LogP contribution in [0, 0.1) is 5.92 Å². The van der Waals surface area contributed by atoms with Gasteiger partial charge in [0, 0.05) is 31.3 Å². The Morgan fingerprint density at radius 1 is 1.40 bits per heavy atom. The molecule has 2 aromatic rings. The van der Waals surface area contributed by atoms with Crippen LogP contribution in [-0.4, -0.2) is 36.8 Å². The molecule has 5 heteroatoms. The third-order valence-electron chi connectivity index (χ3n) is 3.86. The Kier molecular flexibility index (Phi) is 3.69. The fourth-order valence-electron chi connectivity index (χ4n) is 2.94. The highest BCUT2D eigenvalue weighted by Gasteiger charge is 2.22. The number of hydrogen-bond donors (Lipinski definition) is 1. The largest absolute Gasteiger partial charge is 0.399 e. The molecule has 1 aliphatic rings. The van der Waals surface area contributed by atoms with Crippen molar-refractivity contribution < 1.29 is 4.74 Å². The lowest BCUT2D eigenvalue weighted by atomic mass is 9.98. The summed E-state index contributed by atoms with van der Waals surface area (Å²) in [6.45, 7) is 2.84. The number of fused-ring (bicyclic) bond motifs is 1. The van der Waals surface area contributed by atoms with Gasteiger partial charge in [-0.15, -0.1) is 0 Å². The van der Waals surface area contributed by atoms with Gasteiger partial charge in [0.25, 0.3) is 0 Å². The van der Waals surface area contributed by atoms with Crippen LogP contribution in [0.2, 0.25) is 0 Å². The Morgan fingerprint density at radius 2 is 2.30 bits per heavy atom. The molecule has 5 nitrogen and oxygen atoms in total. The molecule has 1 atom stereocenters. The summed E-state index contributed by atoms with van der Waals surface area (Å²) in [5, 5.41) is 1.07. The number of aromatic nitrogens is 2. The van der Waals surface area contributed by atoms with E-state index in [4.69, 9.17) is 10.5 Å². The molecule has 1 unspecified atom stereocenters. The zero-order valence-corrected chi connectivity index (χ0v) is 11.7. The second-order valence-corrected chi connectivity index (χ2v) is 5.38. The summed E-state index contributed by atoms with van der Waals surface area (Å²) < 4.78 is 5.29. The van der Waals surface area contributed by atoms with Gasteiger partial charge in [-0.3, -0.25) is 0 Å². The number of ether oxygens (including phenoxy) is 1. The molecule has 0 spiro atoms. The highest BCUT2D eigenvalue weighted by molar-refractivity contribution is 5.91. The van der Waals surface area contributed by atoms with Gasteiger partial charge in [0.15, 0.2) is 0 Å². The number of methoxy groups -OCH3 is 1. The van der Waals surface area contributed by atoms with Crippen LogP contribution in [0.5, 0.6) is 0 Å². The van der Waals surface area contributed by atoms with Gasteiger partial charge in [0.1, 0.15) is 12.1 Å². The first-order valence-corrected chi connectivity index (χ1v) is 7.02. The van der Waals surface area contributed by atoms with Crippen LogP contribution in [0.25, 0.3) is 10.9 Å². The topological polar surface area (TPSA) is 64.3 Å². The molecule has 0 amide bonds. The van der Waals surface area contributed by atoms with E-state index >= 15 is 0 Å². The number of anilines is 2. The first-order valence-electron chi connectivity index (χ1n) is 7.02. The number of hydrogen-bond acceptors (Lipinski definition) is 5. The number of piperidine rings is 1. The Morgan fingerprint density at radius 3 is 3.15 bits per heavy atom. The number of rotatable bonds is 3. The van der Waals surface area contributed by atoms with Gasteiger partial charge in [-0.2, -0.15) is 0 Å². The van der Waals surface area contributed by atoms with E-state index in [2.05, 4.69) is 14.9 Å². The van der Waals surface area contributed by atoms with E-state index in [1.165, 1.54) is 12.8 Å². The minimum atomic E-state index is 0.576. The van der Waals surface area contributed by atoms with Crippen LogP contribution in [0.1, 0.15) is 12.8 Å². The highest BCUT2D eigenvalue weighted by atomic mass is 16.5. The molecule has 106 valence electrons. The van der Waals surface area contributed by atoms with Crippen LogP contribution in [0.3, 0.4) is 0 Å². The van der Waals surface area contributed by atoms with Gasteiger partial charge in [-0.05, 0) is 37.0 Å². The number of nitrogens with two attached hydrogens (primary N) is 1. The van der Waals surface area contributed by atoms with Gasteiger partial charge in [0.2, 0.25) is 0 Å². The third-order valence-corrected chi connectivity index (χ3v) is 3.86. The van der Waals surface area contributed by atoms with Crippen molar-refractivity contribution in [3.8, 4) is 0 Å². The van der Waals surface area contributed by atoms with E-state index in [-0.39, 0.29) is 0 Å². The van der Waals surface area contributed by atoms with Crippen molar-refractivity contribution in [2.45, 2.75) is 12.8 Å². The van der Waals surface area contributed by atoms with E-state index in [0.717, 1.165) is 42.1 Å². The number of nitrogen functional groups attached to an aromatic ring is 1. The SMILES string of the molecule is COCC1CCCN(c2ncnc3cc(N)ccc23)C1. The molecule has 0 bridgehead atoms. The Labute approximate surface area is 118 Å². The lowest BCUT2D eigenvalue weighted by Crippen LogP contribution is -2.37. The minimum Gasteiger partial charge on any atom is -0.399 e. The van der Waals surface area contributed by atoms with E-state index in [1.54, 1.807) is 13.4 Å². The number of benzene rings is 1. The van der Waals surface area contributed by atoms with Gasteiger partial charge < -0.3 is 15.4 Å². The molecule has 1 fully saturated rings. The van der Waals surface area contributed by atoms with Crippen molar-refractivity contribution in [3.63, 3.8) is 0 Å². The second-order valence-electron chi connectivity index (χ2n) is 5.38. The van der Waals surface area contributed by atoms with Gasteiger partial charge in [-0.25, -0.2) is 9.97 Å². The van der Waals surface area contributed by atoms with Crippen LogP contribution >= 0.6 is 0 Å². The molecule has 3 rings (SSSR count). The first-order chi connectivity index (χ1) is 9.78. The molecule has 2 N–H and O–H groups in total. The molecule has 1 aliphatic heterocycles. The lowest BCUT2D eigenvalue weighted by molar-refractivity contribution is 0.143. The smallest absolute Gasteiger partial charge is 0.139 e.